The lowest BCUT2D eigenvalue weighted by Gasteiger charge is -2.19. The van der Waals surface area contributed by atoms with Gasteiger partial charge in [0.1, 0.15) is 0 Å². The average molecular weight is 168 g/mol. The van der Waals surface area contributed by atoms with E-state index in [2.05, 4.69) is 23.7 Å². The molecule has 12 heavy (non-hydrogen) atoms. The fourth-order valence-electron chi connectivity index (χ4n) is 1.49. The second-order valence-electron chi connectivity index (χ2n) is 3.48. The van der Waals surface area contributed by atoms with Crippen molar-refractivity contribution in [2.24, 2.45) is 0 Å². The number of nitrogens with zero attached hydrogens (tertiary/aromatic N) is 1. The van der Waals surface area contributed by atoms with E-state index in [1.165, 1.54) is 31.6 Å². The highest BCUT2D eigenvalue weighted by Crippen LogP contribution is 2.02. The van der Waals surface area contributed by atoms with Crippen molar-refractivity contribution in [3.8, 4) is 0 Å². The molecule has 1 saturated heterocycles. The monoisotopic (exact) mass is 168 g/mol. The van der Waals surface area contributed by atoms with Crippen LogP contribution in [0.5, 0.6) is 0 Å². The third-order valence-electron chi connectivity index (χ3n) is 2.38. The molecule has 0 radical (unpaired) electrons. The van der Waals surface area contributed by atoms with Crippen molar-refractivity contribution in [2.75, 3.05) is 32.7 Å². The lowest BCUT2D eigenvalue weighted by Crippen LogP contribution is -2.29. The van der Waals surface area contributed by atoms with Crippen molar-refractivity contribution in [3.63, 3.8) is 0 Å². The molecule has 0 atom stereocenters. The Morgan fingerprint density at radius 1 is 1.42 bits per heavy atom. The third kappa shape index (κ3) is 3.37. The first kappa shape index (κ1) is 9.75. The van der Waals surface area contributed by atoms with Crippen LogP contribution in [-0.4, -0.2) is 37.6 Å². The Morgan fingerprint density at radius 3 is 3.00 bits per heavy atom. The predicted octanol–water partition coefficient (Wildman–Crippen LogP) is 1.25. The quantitative estimate of drug-likeness (QED) is 0.638. The van der Waals surface area contributed by atoms with Crippen LogP contribution in [0.1, 0.15) is 19.8 Å². The summed E-state index contributed by atoms with van der Waals surface area (Å²) in [4.78, 5) is 2.49. The molecular weight excluding hydrogens is 148 g/mol. The molecule has 1 rings (SSSR count). The zero-order valence-electron chi connectivity index (χ0n) is 8.10. The van der Waals surface area contributed by atoms with E-state index in [4.69, 9.17) is 0 Å². The normalized spacial score (nSPS) is 20.4. The minimum Gasteiger partial charge on any atom is -0.315 e. The van der Waals surface area contributed by atoms with E-state index < -0.39 is 0 Å². The van der Waals surface area contributed by atoms with Gasteiger partial charge in [-0.05, 0) is 25.9 Å². The van der Waals surface area contributed by atoms with Gasteiger partial charge in [-0.25, -0.2) is 0 Å². The fraction of sp³-hybridized carbons (Fsp3) is 0.800. The lowest BCUT2D eigenvalue weighted by atomic mass is 10.2. The minimum absolute atomic E-state index is 1.10. The van der Waals surface area contributed by atoms with Gasteiger partial charge in [-0.2, -0.15) is 0 Å². The van der Waals surface area contributed by atoms with Gasteiger partial charge in [0.15, 0.2) is 0 Å². The molecule has 2 heteroatoms. The van der Waals surface area contributed by atoms with Crippen molar-refractivity contribution in [1.29, 1.82) is 0 Å². The van der Waals surface area contributed by atoms with Gasteiger partial charge in [0.2, 0.25) is 0 Å². The maximum atomic E-state index is 4.04. The van der Waals surface area contributed by atoms with Crippen LogP contribution in [0.4, 0.5) is 0 Å². The van der Waals surface area contributed by atoms with Crippen LogP contribution in [0.15, 0.2) is 12.2 Å². The van der Waals surface area contributed by atoms with Gasteiger partial charge in [0.25, 0.3) is 0 Å². The van der Waals surface area contributed by atoms with Gasteiger partial charge in [-0.3, -0.25) is 4.90 Å². The second kappa shape index (κ2) is 5.33. The van der Waals surface area contributed by atoms with E-state index in [9.17, 15) is 0 Å². The largest absolute Gasteiger partial charge is 0.315 e. The number of rotatable bonds is 3. The molecule has 0 bridgehead atoms. The number of nitrogens with one attached hydrogen (secondary N) is 1. The molecule has 0 saturated carbocycles. The van der Waals surface area contributed by atoms with E-state index in [0.29, 0.717) is 0 Å². The van der Waals surface area contributed by atoms with Crippen LogP contribution < -0.4 is 5.32 Å². The molecule has 0 aliphatic carbocycles. The highest BCUT2D eigenvalue weighted by atomic mass is 15.1. The maximum absolute atomic E-state index is 4.04. The molecule has 0 aromatic carbocycles. The van der Waals surface area contributed by atoms with Crippen molar-refractivity contribution in [1.82, 2.24) is 10.2 Å². The van der Waals surface area contributed by atoms with Gasteiger partial charge in [-0.15, -0.1) is 0 Å². The highest BCUT2D eigenvalue weighted by molar-refractivity contribution is 4.96. The Labute approximate surface area is 75.6 Å². The van der Waals surface area contributed by atoms with Crippen molar-refractivity contribution >= 4 is 0 Å². The molecule has 1 N–H and O–H groups in total. The van der Waals surface area contributed by atoms with Crippen molar-refractivity contribution < 1.29 is 0 Å². The summed E-state index contributed by atoms with van der Waals surface area (Å²) in [6, 6.07) is 0. The molecule has 1 aliphatic rings. The Kier molecular flexibility index (Phi) is 4.33. The fourth-order valence-corrected chi connectivity index (χ4v) is 1.49. The molecule has 70 valence electrons. The molecule has 0 unspecified atom stereocenters. The minimum atomic E-state index is 1.10. The molecule has 0 spiro atoms. The van der Waals surface area contributed by atoms with Crippen LogP contribution in [0.3, 0.4) is 0 Å². The zero-order chi connectivity index (χ0) is 8.81. The summed E-state index contributed by atoms with van der Waals surface area (Å²) in [7, 11) is 0. The first-order valence-electron chi connectivity index (χ1n) is 4.92. The van der Waals surface area contributed by atoms with Crippen LogP contribution in [0.25, 0.3) is 0 Å². The molecule has 1 fully saturated rings. The summed E-state index contributed by atoms with van der Waals surface area (Å²) in [6.07, 6.45) is 2.39. The van der Waals surface area contributed by atoms with Crippen molar-refractivity contribution in [3.05, 3.63) is 12.2 Å². The molecule has 0 aromatic heterocycles. The maximum Gasteiger partial charge on any atom is 0.0190 e. The predicted molar refractivity (Wildman–Crippen MR) is 53.4 cm³/mol. The first-order valence-corrected chi connectivity index (χ1v) is 4.92. The lowest BCUT2D eigenvalue weighted by molar-refractivity contribution is 0.315. The summed E-state index contributed by atoms with van der Waals surface area (Å²) >= 11 is 0. The smallest absolute Gasteiger partial charge is 0.0190 e. The van der Waals surface area contributed by atoms with E-state index in [1.54, 1.807) is 0 Å². The van der Waals surface area contributed by atoms with Crippen molar-refractivity contribution in [2.45, 2.75) is 19.8 Å². The Balaban J connectivity index is 2.24. The van der Waals surface area contributed by atoms with E-state index in [1.807, 2.05) is 0 Å². The van der Waals surface area contributed by atoms with Crippen LogP contribution >= 0.6 is 0 Å². The van der Waals surface area contributed by atoms with Gasteiger partial charge in [0.05, 0.1) is 0 Å². The van der Waals surface area contributed by atoms with Gasteiger partial charge in [-0.1, -0.05) is 19.1 Å². The average Bonchev–Trinajstić information content (AvgIpc) is 2.33. The van der Waals surface area contributed by atoms with Gasteiger partial charge < -0.3 is 5.32 Å². The molecule has 0 aromatic rings. The zero-order valence-corrected chi connectivity index (χ0v) is 8.10. The summed E-state index contributed by atoms with van der Waals surface area (Å²) in [5, 5.41) is 3.40. The molecule has 1 aliphatic heterocycles. The van der Waals surface area contributed by atoms with Crippen LogP contribution in [-0.2, 0) is 0 Å². The first-order chi connectivity index (χ1) is 5.83. The summed E-state index contributed by atoms with van der Waals surface area (Å²) in [6.45, 7) is 12.0. The molecule has 1 heterocycles. The topological polar surface area (TPSA) is 15.3 Å². The number of hydrogen-bond acceptors (Lipinski definition) is 2. The number of hydrogen-bond donors (Lipinski definition) is 1. The SMILES string of the molecule is C=C(CC)CN1CCCNCC1. The summed E-state index contributed by atoms with van der Waals surface area (Å²) in [5.74, 6) is 0. The van der Waals surface area contributed by atoms with Gasteiger partial charge >= 0.3 is 0 Å². The highest BCUT2D eigenvalue weighted by Gasteiger charge is 2.07. The van der Waals surface area contributed by atoms with Gasteiger partial charge in [0, 0.05) is 19.6 Å². The second-order valence-corrected chi connectivity index (χ2v) is 3.48. The molecule has 0 amide bonds. The molecule has 2 nitrogen and oxygen atoms in total. The summed E-state index contributed by atoms with van der Waals surface area (Å²) in [5.41, 5.74) is 1.36. The van der Waals surface area contributed by atoms with E-state index >= 15 is 0 Å². The molecular formula is C10H20N2. The van der Waals surface area contributed by atoms with Crippen LogP contribution in [0.2, 0.25) is 0 Å². The standard InChI is InChI=1S/C10H20N2/c1-3-10(2)9-12-7-4-5-11-6-8-12/h11H,2-9H2,1H3. The Morgan fingerprint density at radius 2 is 2.25 bits per heavy atom. The van der Waals surface area contributed by atoms with E-state index in [-0.39, 0.29) is 0 Å². The van der Waals surface area contributed by atoms with E-state index in [0.717, 1.165) is 19.5 Å². The third-order valence-corrected chi connectivity index (χ3v) is 2.38. The Hall–Kier alpha value is -0.340. The van der Waals surface area contributed by atoms with Crippen LogP contribution in [0, 0.1) is 0 Å². The Bertz CT molecular complexity index is 135. The summed E-state index contributed by atoms with van der Waals surface area (Å²) < 4.78 is 0.